The van der Waals surface area contributed by atoms with E-state index in [1.54, 1.807) is 12.1 Å². The van der Waals surface area contributed by atoms with E-state index < -0.39 is 10.0 Å². The van der Waals surface area contributed by atoms with E-state index in [9.17, 15) is 13.2 Å². The molecular formula is C19H30N4O3S2. The average molecular weight is 427 g/mol. The predicted octanol–water partition coefficient (Wildman–Crippen LogP) is 1.76. The molecule has 156 valence electrons. The zero-order chi connectivity index (χ0) is 20.3. The maximum Gasteiger partial charge on any atom is 0.244 e. The van der Waals surface area contributed by atoms with Gasteiger partial charge in [0.05, 0.1) is 10.3 Å². The maximum atomic E-state index is 12.8. The Morgan fingerprint density at radius 1 is 1.14 bits per heavy atom. The summed E-state index contributed by atoms with van der Waals surface area (Å²) in [5.74, 6) is 0.816. The first kappa shape index (κ1) is 21.5. The molecular weight excluding hydrogens is 396 g/mol. The molecule has 0 spiro atoms. The van der Waals surface area contributed by atoms with Gasteiger partial charge < -0.3 is 9.80 Å². The summed E-state index contributed by atoms with van der Waals surface area (Å²) in [5.41, 5.74) is 0. The molecule has 1 aromatic heterocycles. The highest BCUT2D eigenvalue weighted by molar-refractivity contribution is 8.00. The van der Waals surface area contributed by atoms with Crippen LogP contribution in [0.4, 0.5) is 0 Å². The fourth-order valence-corrected chi connectivity index (χ4v) is 5.72. The Kier molecular flexibility index (Phi) is 7.01. The average Bonchev–Trinajstić information content (AvgIpc) is 2.69. The number of aromatic nitrogens is 1. The van der Waals surface area contributed by atoms with Crippen LogP contribution >= 0.6 is 11.8 Å². The quantitative estimate of drug-likeness (QED) is 0.668. The Hall–Kier alpha value is -1.16. The van der Waals surface area contributed by atoms with Gasteiger partial charge in [-0.1, -0.05) is 18.7 Å². The zero-order valence-electron chi connectivity index (χ0n) is 16.9. The van der Waals surface area contributed by atoms with Crippen molar-refractivity contribution in [3.8, 4) is 0 Å². The molecule has 1 unspecified atom stereocenters. The van der Waals surface area contributed by atoms with Crippen molar-refractivity contribution >= 4 is 27.7 Å². The second kappa shape index (κ2) is 9.11. The molecule has 2 fully saturated rings. The van der Waals surface area contributed by atoms with Crippen LogP contribution in [0, 0.1) is 5.92 Å². The first-order valence-corrected chi connectivity index (χ1v) is 12.2. The Labute approximate surface area is 172 Å². The number of hydrogen-bond donors (Lipinski definition) is 0. The monoisotopic (exact) mass is 426 g/mol. The van der Waals surface area contributed by atoms with Crippen LogP contribution in [0.5, 0.6) is 0 Å². The fraction of sp³-hybridized carbons (Fsp3) is 0.684. The van der Waals surface area contributed by atoms with Crippen LogP contribution in [0.3, 0.4) is 0 Å². The number of carbonyl (C=O) groups is 1. The Balaban J connectivity index is 1.60. The summed E-state index contributed by atoms with van der Waals surface area (Å²) in [6, 6.07) is 3.30. The maximum absolute atomic E-state index is 12.8. The van der Waals surface area contributed by atoms with E-state index in [1.807, 2.05) is 18.9 Å². The number of piperidine rings is 1. The van der Waals surface area contributed by atoms with Crippen molar-refractivity contribution in [2.75, 3.05) is 46.3 Å². The molecule has 0 saturated carbocycles. The SMILES string of the molecule is CC1CCN(C(=O)C(C)Sc2ccc(S(=O)(=O)N3CCN(C)CC3)cn2)CC1. The Bertz CT molecular complexity index is 769. The molecule has 0 aromatic carbocycles. The predicted molar refractivity (Wildman–Crippen MR) is 111 cm³/mol. The van der Waals surface area contributed by atoms with E-state index >= 15 is 0 Å². The van der Waals surface area contributed by atoms with Crippen LogP contribution in [-0.2, 0) is 14.8 Å². The minimum absolute atomic E-state index is 0.132. The van der Waals surface area contributed by atoms with Crippen LogP contribution in [0.15, 0.2) is 28.3 Å². The van der Waals surface area contributed by atoms with Crippen molar-refractivity contribution in [1.29, 1.82) is 0 Å². The molecule has 2 saturated heterocycles. The summed E-state index contributed by atoms with van der Waals surface area (Å²) in [6.07, 6.45) is 3.52. The highest BCUT2D eigenvalue weighted by Gasteiger charge is 2.28. The Morgan fingerprint density at radius 3 is 2.36 bits per heavy atom. The van der Waals surface area contributed by atoms with Gasteiger partial charge in [-0.3, -0.25) is 4.79 Å². The molecule has 1 aromatic rings. The highest BCUT2D eigenvalue weighted by Crippen LogP contribution is 2.26. The van der Waals surface area contributed by atoms with Crippen molar-refractivity contribution in [3.05, 3.63) is 18.3 Å². The number of nitrogens with zero attached hydrogens (tertiary/aromatic N) is 4. The van der Waals surface area contributed by atoms with Crippen LogP contribution in [-0.4, -0.2) is 85.0 Å². The van der Waals surface area contributed by atoms with Gasteiger partial charge in [-0.25, -0.2) is 13.4 Å². The summed E-state index contributed by atoms with van der Waals surface area (Å²) >= 11 is 1.38. The summed E-state index contributed by atoms with van der Waals surface area (Å²) in [5, 5.41) is 0.435. The van der Waals surface area contributed by atoms with Crippen LogP contribution in [0.2, 0.25) is 0 Å². The molecule has 0 bridgehead atoms. The van der Waals surface area contributed by atoms with E-state index in [4.69, 9.17) is 0 Å². The topological polar surface area (TPSA) is 73.8 Å². The molecule has 1 atom stereocenters. The minimum Gasteiger partial charge on any atom is -0.342 e. The normalized spacial score (nSPS) is 21.6. The molecule has 2 aliphatic rings. The summed E-state index contributed by atoms with van der Waals surface area (Å²) < 4.78 is 27.1. The number of likely N-dealkylation sites (tertiary alicyclic amines) is 1. The first-order valence-electron chi connectivity index (χ1n) is 9.87. The second-order valence-electron chi connectivity index (χ2n) is 7.81. The molecule has 28 heavy (non-hydrogen) atoms. The van der Waals surface area contributed by atoms with Gasteiger partial charge in [0.15, 0.2) is 0 Å². The molecule has 1 amide bonds. The number of pyridine rings is 1. The standard InChI is InChI=1S/C19H30N4O3S2/c1-15-6-8-22(9-7-15)19(24)16(2)27-18-5-4-17(14-20-18)28(25,26)23-12-10-21(3)11-13-23/h4-5,14-16H,6-13H2,1-3H3. The van der Waals surface area contributed by atoms with E-state index in [1.165, 1.54) is 22.3 Å². The molecule has 0 radical (unpaired) electrons. The lowest BCUT2D eigenvalue weighted by molar-refractivity contribution is -0.131. The number of rotatable bonds is 5. The number of likely N-dealkylation sites (N-methyl/N-ethyl adjacent to an activating group) is 1. The van der Waals surface area contributed by atoms with Gasteiger partial charge in [0.2, 0.25) is 15.9 Å². The zero-order valence-corrected chi connectivity index (χ0v) is 18.5. The second-order valence-corrected chi connectivity index (χ2v) is 11.1. The van der Waals surface area contributed by atoms with Gasteiger partial charge >= 0.3 is 0 Å². The van der Waals surface area contributed by atoms with Gasteiger partial charge in [-0.2, -0.15) is 4.31 Å². The number of carbonyl (C=O) groups excluding carboxylic acids is 1. The molecule has 2 aliphatic heterocycles. The smallest absolute Gasteiger partial charge is 0.244 e. The summed E-state index contributed by atoms with van der Waals surface area (Å²) in [6.45, 7) is 8.21. The van der Waals surface area contributed by atoms with Gasteiger partial charge in [-0.15, -0.1) is 0 Å². The lowest BCUT2D eigenvalue weighted by Crippen LogP contribution is -2.47. The van der Waals surface area contributed by atoms with Gasteiger partial charge in [0.25, 0.3) is 0 Å². The minimum atomic E-state index is -3.51. The molecule has 3 rings (SSSR count). The van der Waals surface area contributed by atoms with E-state index in [0.29, 0.717) is 24.0 Å². The van der Waals surface area contributed by atoms with Crippen molar-refractivity contribution in [2.24, 2.45) is 5.92 Å². The fourth-order valence-electron chi connectivity index (χ4n) is 3.48. The van der Waals surface area contributed by atoms with Crippen molar-refractivity contribution < 1.29 is 13.2 Å². The van der Waals surface area contributed by atoms with E-state index in [2.05, 4.69) is 16.8 Å². The molecule has 3 heterocycles. The summed E-state index contributed by atoms with van der Waals surface area (Å²) in [7, 11) is -1.52. The molecule has 0 aliphatic carbocycles. The van der Waals surface area contributed by atoms with Crippen LogP contribution in [0.25, 0.3) is 0 Å². The number of piperazine rings is 1. The first-order chi connectivity index (χ1) is 13.3. The van der Waals surface area contributed by atoms with Crippen LogP contribution in [0.1, 0.15) is 26.7 Å². The third kappa shape index (κ3) is 5.06. The number of sulfonamides is 1. The molecule has 7 nitrogen and oxygen atoms in total. The van der Waals surface area contributed by atoms with Crippen molar-refractivity contribution in [2.45, 2.75) is 41.9 Å². The van der Waals surface area contributed by atoms with Gasteiger partial charge in [-0.05, 0) is 44.9 Å². The number of thioether (sulfide) groups is 1. The van der Waals surface area contributed by atoms with Gasteiger partial charge in [0, 0.05) is 45.5 Å². The Morgan fingerprint density at radius 2 is 1.79 bits per heavy atom. The molecule has 0 N–H and O–H groups in total. The summed E-state index contributed by atoms with van der Waals surface area (Å²) in [4.78, 5) is 21.2. The van der Waals surface area contributed by atoms with Crippen molar-refractivity contribution in [3.63, 3.8) is 0 Å². The van der Waals surface area contributed by atoms with Crippen LogP contribution < -0.4 is 0 Å². The third-order valence-corrected chi connectivity index (χ3v) is 8.47. The third-order valence-electron chi connectivity index (χ3n) is 5.55. The lowest BCUT2D eigenvalue weighted by atomic mass is 9.99. The molecule has 9 heteroatoms. The number of hydrogen-bond acceptors (Lipinski definition) is 6. The van der Waals surface area contributed by atoms with E-state index in [-0.39, 0.29) is 16.1 Å². The largest absolute Gasteiger partial charge is 0.342 e. The van der Waals surface area contributed by atoms with Crippen molar-refractivity contribution in [1.82, 2.24) is 19.1 Å². The lowest BCUT2D eigenvalue weighted by Gasteiger charge is -2.32. The number of amides is 1. The van der Waals surface area contributed by atoms with Gasteiger partial charge in [0.1, 0.15) is 4.90 Å². The highest BCUT2D eigenvalue weighted by atomic mass is 32.2. The van der Waals surface area contributed by atoms with E-state index in [0.717, 1.165) is 39.0 Å².